The fraction of sp³-hybridized carbons (Fsp3) is 1.00. The zero-order chi connectivity index (χ0) is 25.3. The van der Waals surface area contributed by atoms with E-state index in [1.54, 1.807) is 0 Å². The van der Waals surface area contributed by atoms with Crippen molar-refractivity contribution in [3.63, 3.8) is 0 Å². The molecule has 34 heavy (non-hydrogen) atoms. The summed E-state index contributed by atoms with van der Waals surface area (Å²) < 4.78 is 26.4. The Labute approximate surface area is 192 Å². The highest BCUT2D eigenvalue weighted by Gasteiger charge is 2.53. The van der Waals surface area contributed by atoms with E-state index in [1.807, 2.05) is 0 Å². The van der Waals surface area contributed by atoms with Gasteiger partial charge >= 0.3 is 0 Å². The third kappa shape index (κ3) is 5.37. The molecule has 3 fully saturated rings. The smallest absolute Gasteiger partial charge is 0.187 e. The predicted octanol–water partition coefficient (Wildman–Crippen LogP) is -7.57. The Balaban J connectivity index is 1.76. The SMILES string of the molecule is OC[C@H]1O[C@@H](O[C@@H]2[C@@H](O)[C@H](O[C@@H]3O[C@H](CO)[C@@H](O)[C@H](O)[C@H]3O)[C@@H](CO)O[C@H]2O)[C@H](O)[C@@H](O)[C@@H]1O. The molecule has 0 aromatic carbocycles. The van der Waals surface area contributed by atoms with Crippen LogP contribution in [-0.4, -0.2) is 168 Å². The summed E-state index contributed by atoms with van der Waals surface area (Å²) in [5.41, 5.74) is 0. The van der Waals surface area contributed by atoms with Gasteiger partial charge in [0.15, 0.2) is 18.9 Å². The molecule has 3 aliphatic heterocycles. The fourth-order valence-corrected chi connectivity index (χ4v) is 4.04. The first kappa shape index (κ1) is 27.9. The molecule has 200 valence electrons. The molecule has 0 aromatic heterocycles. The molecule has 3 saturated heterocycles. The second-order valence-electron chi connectivity index (χ2n) is 8.33. The second kappa shape index (κ2) is 11.6. The average Bonchev–Trinajstić information content (AvgIpc) is 2.82. The Hall–Kier alpha value is -0.640. The van der Waals surface area contributed by atoms with Crippen LogP contribution in [0.15, 0.2) is 0 Å². The van der Waals surface area contributed by atoms with Crippen LogP contribution in [0, 0.1) is 0 Å². The van der Waals surface area contributed by atoms with Gasteiger partial charge in [0, 0.05) is 0 Å². The van der Waals surface area contributed by atoms with Crippen molar-refractivity contribution < 1.29 is 79.9 Å². The Kier molecular flexibility index (Phi) is 9.54. The number of hydrogen-bond acceptors (Lipinski definition) is 16. The standard InChI is InChI=1S/C18H32O16/c19-1-4-7(22)9(24)11(26)17(31-4)33-14-6(3-21)30-16(29)15(13(14)28)34-18-12(27)10(25)8(23)5(2-20)32-18/h4-29H,1-3H2/t4-,5-,6-,7-,8-,9+,10+,11-,12-,13+,14-,15-,16-,17+,18+/m1/s1. The molecular weight excluding hydrogens is 472 g/mol. The Morgan fingerprint density at radius 3 is 1.26 bits per heavy atom. The quantitative estimate of drug-likeness (QED) is 0.154. The normalized spacial score (nSPS) is 52.5. The van der Waals surface area contributed by atoms with Gasteiger partial charge in [0.2, 0.25) is 0 Å². The lowest BCUT2D eigenvalue weighted by Crippen LogP contribution is -2.66. The van der Waals surface area contributed by atoms with Gasteiger partial charge in [-0.1, -0.05) is 0 Å². The van der Waals surface area contributed by atoms with E-state index in [1.165, 1.54) is 0 Å². The van der Waals surface area contributed by atoms with Crippen LogP contribution in [0.5, 0.6) is 0 Å². The fourth-order valence-electron chi connectivity index (χ4n) is 4.04. The van der Waals surface area contributed by atoms with Crippen LogP contribution in [0.4, 0.5) is 0 Å². The average molecular weight is 504 g/mol. The van der Waals surface area contributed by atoms with Gasteiger partial charge in [-0.15, -0.1) is 0 Å². The molecule has 3 aliphatic rings. The van der Waals surface area contributed by atoms with Crippen LogP contribution in [0.1, 0.15) is 0 Å². The van der Waals surface area contributed by atoms with Gasteiger partial charge in [0.25, 0.3) is 0 Å². The molecule has 11 N–H and O–H groups in total. The van der Waals surface area contributed by atoms with E-state index in [9.17, 15) is 56.2 Å². The first-order valence-electron chi connectivity index (χ1n) is 10.6. The van der Waals surface area contributed by atoms with Crippen molar-refractivity contribution in [2.24, 2.45) is 0 Å². The van der Waals surface area contributed by atoms with E-state index in [4.69, 9.17) is 23.7 Å². The van der Waals surface area contributed by atoms with Crippen LogP contribution in [0.3, 0.4) is 0 Å². The number of aliphatic hydroxyl groups excluding tert-OH is 11. The van der Waals surface area contributed by atoms with E-state index >= 15 is 0 Å². The van der Waals surface area contributed by atoms with Crippen molar-refractivity contribution in [3.05, 3.63) is 0 Å². The lowest BCUT2D eigenvalue weighted by Gasteiger charge is -2.47. The zero-order valence-corrected chi connectivity index (χ0v) is 17.7. The summed E-state index contributed by atoms with van der Waals surface area (Å²) in [4.78, 5) is 0. The van der Waals surface area contributed by atoms with Gasteiger partial charge in [0.1, 0.15) is 73.2 Å². The maximum absolute atomic E-state index is 10.8. The number of aliphatic hydroxyl groups is 11. The Morgan fingerprint density at radius 2 is 0.853 bits per heavy atom. The minimum Gasteiger partial charge on any atom is -0.394 e. The van der Waals surface area contributed by atoms with Crippen molar-refractivity contribution >= 4 is 0 Å². The first-order chi connectivity index (χ1) is 16.0. The van der Waals surface area contributed by atoms with Gasteiger partial charge in [-0.3, -0.25) is 0 Å². The molecule has 0 radical (unpaired) electrons. The second-order valence-corrected chi connectivity index (χ2v) is 8.33. The van der Waals surface area contributed by atoms with Crippen LogP contribution >= 0.6 is 0 Å². The van der Waals surface area contributed by atoms with Crippen molar-refractivity contribution in [3.8, 4) is 0 Å². The number of ether oxygens (including phenoxy) is 5. The number of hydrogen-bond donors (Lipinski definition) is 11. The predicted molar refractivity (Wildman–Crippen MR) is 101 cm³/mol. The zero-order valence-electron chi connectivity index (χ0n) is 17.7. The molecular formula is C18H32O16. The van der Waals surface area contributed by atoms with Gasteiger partial charge in [-0.05, 0) is 0 Å². The van der Waals surface area contributed by atoms with E-state index in [2.05, 4.69) is 0 Å². The van der Waals surface area contributed by atoms with Gasteiger partial charge in [0.05, 0.1) is 19.8 Å². The monoisotopic (exact) mass is 504 g/mol. The van der Waals surface area contributed by atoms with Crippen LogP contribution < -0.4 is 0 Å². The van der Waals surface area contributed by atoms with Gasteiger partial charge < -0.3 is 79.9 Å². The topological polar surface area (TPSA) is 269 Å². The van der Waals surface area contributed by atoms with Gasteiger partial charge in [-0.2, -0.15) is 0 Å². The summed E-state index contributed by atoms with van der Waals surface area (Å²) in [6.07, 6.45) is -25.4. The minimum absolute atomic E-state index is 0.750. The van der Waals surface area contributed by atoms with E-state index in [-0.39, 0.29) is 0 Å². The lowest BCUT2D eigenvalue weighted by molar-refractivity contribution is -0.382. The van der Waals surface area contributed by atoms with E-state index in [0.717, 1.165) is 0 Å². The summed E-state index contributed by atoms with van der Waals surface area (Å²) in [7, 11) is 0. The maximum Gasteiger partial charge on any atom is 0.187 e. The van der Waals surface area contributed by atoms with Crippen molar-refractivity contribution in [2.75, 3.05) is 19.8 Å². The van der Waals surface area contributed by atoms with E-state index in [0.29, 0.717) is 0 Å². The first-order valence-corrected chi connectivity index (χ1v) is 10.6. The maximum atomic E-state index is 10.8. The molecule has 15 atom stereocenters. The molecule has 0 unspecified atom stereocenters. The third-order valence-corrected chi connectivity index (χ3v) is 6.09. The van der Waals surface area contributed by atoms with E-state index < -0.39 is 112 Å². The highest BCUT2D eigenvalue weighted by Crippen LogP contribution is 2.32. The van der Waals surface area contributed by atoms with Crippen LogP contribution in [0.2, 0.25) is 0 Å². The highest BCUT2D eigenvalue weighted by atomic mass is 16.8. The molecule has 0 aromatic rings. The van der Waals surface area contributed by atoms with Crippen LogP contribution in [-0.2, 0) is 23.7 Å². The highest BCUT2D eigenvalue weighted by molar-refractivity contribution is 4.96. The Morgan fingerprint density at radius 1 is 0.441 bits per heavy atom. The summed E-state index contributed by atoms with van der Waals surface area (Å²) >= 11 is 0. The van der Waals surface area contributed by atoms with Crippen molar-refractivity contribution in [1.82, 2.24) is 0 Å². The lowest BCUT2D eigenvalue weighted by atomic mass is 9.96. The summed E-state index contributed by atoms with van der Waals surface area (Å²) in [6.45, 7) is -2.31. The summed E-state index contributed by atoms with van der Waals surface area (Å²) in [6, 6.07) is 0. The Bertz CT molecular complexity index is 637. The molecule has 3 heterocycles. The molecule has 16 nitrogen and oxygen atoms in total. The molecule has 0 spiro atoms. The van der Waals surface area contributed by atoms with Gasteiger partial charge in [-0.25, -0.2) is 0 Å². The summed E-state index contributed by atoms with van der Waals surface area (Å²) in [5.74, 6) is 0. The molecule has 0 amide bonds. The molecule has 16 heteroatoms. The molecule has 0 bridgehead atoms. The largest absolute Gasteiger partial charge is 0.394 e. The van der Waals surface area contributed by atoms with Crippen molar-refractivity contribution in [1.29, 1.82) is 0 Å². The minimum atomic E-state index is -1.92. The van der Waals surface area contributed by atoms with Crippen LogP contribution in [0.25, 0.3) is 0 Å². The molecule has 0 saturated carbocycles. The van der Waals surface area contributed by atoms with Crippen molar-refractivity contribution in [2.45, 2.75) is 92.1 Å². The third-order valence-electron chi connectivity index (χ3n) is 6.09. The number of rotatable bonds is 7. The molecule has 0 aliphatic carbocycles. The molecule has 3 rings (SSSR count). The summed E-state index contributed by atoms with van der Waals surface area (Å²) in [5, 5.41) is 109.